The zero-order valence-electron chi connectivity index (χ0n) is 14.8. The Labute approximate surface area is 150 Å². The van der Waals surface area contributed by atoms with Gasteiger partial charge in [0, 0.05) is 19.0 Å². The molecule has 0 atom stereocenters. The van der Waals surface area contributed by atoms with Crippen LogP contribution < -0.4 is 20.1 Å². The molecule has 26 heavy (non-hydrogen) atoms. The van der Waals surface area contributed by atoms with E-state index >= 15 is 0 Å². The first-order valence-electron chi connectivity index (χ1n) is 7.92. The molecule has 3 N–H and O–H groups in total. The fourth-order valence-corrected chi connectivity index (χ4v) is 2.08. The number of carbonyl (C=O) groups excluding carboxylic acids is 2. The van der Waals surface area contributed by atoms with Gasteiger partial charge in [-0.15, -0.1) is 5.10 Å². The van der Waals surface area contributed by atoms with Crippen molar-refractivity contribution in [3.63, 3.8) is 0 Å². The van der Waals surface area contributed by atoms with Crippen molar-refractivity contribution in [2.24, 2.45) is 0 Å². The summed E-state index contributed by atoms with van der Waals surface area (Å²) in [7, 11) is 3.10. The van der Waals surface area contributed by atoms with Gasteiger partial charge >= 0.3 is 6.09 Å². The minimum atomic E-state index is -0.563. The van der Waals surface area contributed by atoms with Gasteiger partial charge in [-0.3, -0.25) is 15.2 Å². The van der Waals surface area contributed by atoms with Crippen molar-refractivity contribution in [1.82, 2.24) is 20.5 Å². The molecule has 0 saturated carbocycles. The molecule has 0 aliphatic rings. The summed E-state index contributed by atoms with van der Waals surface area (Å²) in [6, 6.07) is 5.25. The van der Waals surface area contributed by atoms with Gasteiger partial charge in [0.15, 0.2) is 5.82 Å². The first-order valence-corrected chi connectivity index (χ1v) is 7.92. The highest BCUT2D eigenvalue weighted by Gasteiger charge is 2.13. The van der Waals surface area contributed by atoms with Gasteiger partial charge in [-0.25, -0.2) is 4.79 Å². The molecular formula is C16H21N5O5. The standard InChI is InChI=1S/C16H21N5O5/c1-4-26-16(23)17-8-7-13(22)18-15-19-14(20-21-15)11-6-5-10(24-2)9-12(11)25-3/h5-6,9H,4,7-8H2,1-3H3,(H,17,23)(H2,18,19,20,21,22). The summed E-state index contributed by atoms with van der Waals surface area (Å²) < 4.78 is 15.2. The number of anilines is 1. The van der Waals surface area contributed by atoms with Crippen molar-refractivity contribution in [2.75, 3.05) is 32.7 Å². The number of aromatic amines is 1. The Bertz CT molecular complexity index is 761. The van der Waals surface area contributed by atoms with Crippen LogP contribution in [0.25, 0.3) is 11.4 Å². The molecular weight excluding hydrogens is 342 g/mol. The lowest BCUT2D eigenvalue weighted by atomic mass is 10.2. The van der Waals surface area contributed by atoms with E-state index in [4.69, 9.17) is 14.2 Å². The van der Waals surface area contributed by atoms with Gasteiger partial charge < -0.3 is 19.5 Å². The molecule has 2 rings (SSSR count). The Morgan fingerprint density at radius 3 is 2.73 bits per heavy atom. The van der Waals surface area contributed by atoms with Gasteiger partial charge in [0.2, 0.25) is 11.9 Å². The summed E-state index contributed by atoms with van der Waals surface area (Å²) in [5.41, 5.74) is 0.672. The normalized spacial score (nSPS) is 10.1. The highest BCUT2D eigenvalue weighted by molar-refractivity contribution is 5.89. The fraction of sp³-hybridized carbons (Fsp3) is 0.375. The molecule has 1 aromatic carbocycles. The average molecular weight is 363 g/mol. The van der Waals surface area contributed by atoms with Crippen LogP contribution in [0.15, 0.2) is 18.2 Å². The van der Waals surface area contributed by atoms with Crippen LogP contribution in [0.3, 0.4) is 0 Å². The van der Waals surface area contributed by atoms with Gasteiger partial charge in [0.1, 0.15) is 11.5 Å². The van der Waals surface area contributed by atoms with E-state index in [1.54, 1.807) is 32.2 Å². The van der Waals surface area contributed by atoms with Gasteiger partial charge in [-0.05, 0) is 19.1 Å². The molecule has 2 amide bonds. The summed E-state index contributed by atoms with van der Waals surface area (Å²) in [5.74, 6) is 1.42. The van der Waals surface area contributed by atoms with Crippen LogP contribution in [0.2, 0.25) is 0 Å². The average Bonchev–Trinajstić information content (AvgIpc) is 3.09. The van der Waals surface area contributed by atoms with Crippen LogP contribution in [0.5, 0.6) is 11.5 Å². The lowest BCUT2D eigenvalue weighted by Crippen LogP contribution is -2.28. The zero-order valence-corrected chi connectivity index (χ0v) is 14.8. The number of H-pyrrole nitrogens is 1. The second-order valence-electron chi connectivity index (χ2n) is 5.02. The number of benzene rings is 1. The first-order chi connectivity index (χ1) is 12.6. The van der Waals surface area contributed by atoms with Crippen LogP contribution >= 0.6 is 0 Å². The molecule has 10 heteroatoms. The SMILES string of the molecule is CCOC(=O)NCCC(=O)Nc1n[nH]c(-c2ccc(OC)cc2OC)n1. The summed E-state index contributed by atoms with van der Waals surface area (Å²) >= 11 is 0. The molecule has 2 aromatic rings. The molecule has 0 bridgehead atoms. The minimum Gasteiger partial charge on any atom is -0.497 e. The molecule has 0 unspecified atom stereocenters. The van der Waals surface area contributed by atoms with Crippen LogP contribution in [0.1, 0.15) is 13.3 Å². The lowest BCUT2D eigenvalue weighted by Gasteiger charge is -2.07. The van der Waals surface area contributed by atoms with Gasteiger partial charge in [-0.2, -0.15) is 4.98 Å². The van der Waals surface area contributed by atoms with E-state index < -0.39 is 6.09 Å². The maximum atomic E-state index is 11.9. The van der Waals surface area contributed by atoms with E-state index in [-0.39, 0.29) is 31.4 Å². The fourth-order valence-electron chi connectivity index (χ4n) is 2.08. The van der Waals surface area contributed by atoms with Crippen LogP contribution in [0.4, 0.5) is 10.7 Å². The third kappa shape index (κ3) is 5.10. The predicted molar refractivity (Wildman–Crippen MR) is 93.2 cm³/mol. The van der Waals surface area contributed by atoms with E-state index in [1.165, 1.54) is 7.11 Å². The van der Waals surface area contributed by atoms with Crippen molar-refractivity contribution >= 4 is 17.9 Å². The number of methoxy groups -OCH3 is 2. The molecule has 1 aromatic heterocycles. The van der Waals surface area contributed by atoms with E-state index in [1.807, 2.05) is 0 Å². The van der Waals surface area contributed by atoms with E-state index in [9.17, 15) is 9.59 Å². The van der Waals surface area contributed by atoms with Crippen LogP contribution in [-0.2, 0) is 9.53 Å². The third-order valence-corrected chi connectivity index (χ3v) is 3.30. The van der Waals surface area contributed by atoms with Gasteiger partial charge in [0.25, 0.3) is 0 Å². The quantitative estimate of drug-likeness (QED) is 0.649. The maximum Gasteiger partial charge on any atom is 0.407 e. The summed E-state index contributed by atoms with van der Waals surface area (Å²) in [5, 5.41) is 11.7. The molecule has 0 fully saturated rings. The van der Waals surface area contributed by atoms with E-state index in [0.29, 0.717) is 22.9 Å². The van der Waals surface area contributed by atoms with E-state index in [0.717, 1.165) is 0 Å². The smallest absolute Gasteiger partial charge is 0.407 e. The van der Waals surface area contributed by atoms with Crippen LogP contribution in [0, 0.1) is 0 Å². The molecule has 0 spiro atoms. The van der Waals surface area contributed by atoms with Crippen molar-refractivity contribution in [1.29, 1.82) is 0 Å². The zero-order chi connectivity index (χ0) is 18.9. The Morgan fingerprint density at radius 1 is 1.23 bits per heavy atom. The molecule has 0 aliphatic carbocycles. The van der Waals surface area contributed by atoms with Crippen molar-refractivity contribution < 1.29 is 23.8 Å². The minimum absolute atomic E-state index is 0.0640. The second-order valence-corrected chi connectivity index (χ2v) is 5.02. The Hall–Kier alpha value is -3.30. The number of nitrogens with zero attached hydrogens (tertiary/aromatic N) is 2. The molecule has 0 saturated heterocycles. The third-order valence-electron chi connectivity index (χ3n) is 3.30. The topological polar surface area (TPSA) is 127 Å². The molecule has 10 nitrogen and oxygen atoms in total. The maximum absolute atomic E-state index is 11.9. The number of carbonyl (C=O) groups is 2. The molecule has 0 radical (unpaired) electrons. The first kappa shape index (κ1) is 19.0. The van der Waals surface area contributed by atoms with E-state index in [2.05, 4.69) is 25.8 Å². The number of amides is 2. The number of alkyl carbamates (subject to hydrolysis) is 1. The van der Waals surface area contributed by atoms with Gasteiger partial charge in [0.05, 0.1) is 26.4 Å². The number of aromatic nitrogens is 3. The number of nitrogens with one attached hydrogen (secondary N) is 3. The summed E-state index contributed by atoms with van der Waals surface area (Å²) in [4.78, 5) is 27.2. The number of ether oxygens (including phenoxy) is 3. The number of hydrogen-bond acceptors (Lipinski definition) is 7. The summed E-state index contributed by atoms with van der Waals surface area (Å²) in [6.07, 6.45) is -0.499. The number of rotatable bonds is 8. The Morgan fingerprint density at radius 2 is 2.04 bits per heavy atom. The lowest BCUT2D eigenvalue weighted by molar-refractivity contribution is -0.116. The second kappa shape index (κ2) is 9.25. The molecule has 1 heterocycles. The van der Waals surface area contributed by atoms with Crippen molar-refractivity contribution in [3.05, 3.63) is 18.2 Å². The highest BCUT2D eigenvalue weighted by atomic mass is 16.5. The Kier molecular flexibility index (Phi) is 6.77. The highest BCUT2D eigenvalue weighted by Crippen LogP contribution is 2.31. The Balaban J connectivity index is 1.95. The monoisotopic (exact) mass is 363 g/mol. The van der Waals surface area contributed by atoms with Crippen molar-refractivity contribution in [2.45, 2.75) is 13.3 Å². The van der Waals surface area contributed by atoms with Gasteiger partial charge in [-0.1, -0.05) is 0 Å². The van der Waals surface area contributed by atoms with Crippen molar-refractivity contribution in [3.8, 4) is 22.9 Å². The molecule has 0 aliphatic heterocycles. The van der Waals surface area contributed by atoms with Crippen LogP contribution in [-0.4, -0.2) is 54.6 Å². The largest absolute Gasteiger partial charge is 0.497 e. The summed E-state index contributed by atoms with van der Waals surface area (Å²) in [6.45, 7) is 2.12. The molecule has 140 valence electrons. The predicted octanol–water partition coefficient (Wildman–Crippen LogP) is 1.56. The number of hydrogen-bond donors (Lipinski definition) is 3.